The summed E-state index contributed by atoms with van der Waals surface area (Å²) < 4.78 is 0. The zero-order valence-electron chi connectivity index (χ0n) is 13.0. The Labute approximate surface area is 115 Å². The molecule has 1 aliphatic heterocycles. The van der Waals surface area contributed by atoms with E-state index in [0.29, 0.717) is 12.1 Å². The van der Waals surface area contributed by atoms with E-state index in [1.807, 2.05) is 0 Å². The van der Waals surface area contributed by atoms with E-state index in [2.05, 4.69) is 37.9 Å². The summed E-state index contributed by atoms with van der Waals surface area (Å²) in [6.45, 7) is 11.8. The molecule has 1 heterocycles. The van der Waals surface area contributed by atoms with Gasteiger partial charge in [-0.1, -0.05) is 33.6 Å². The van der Waals surface area contributed by atoms with Crippen LogP contribution in [0.25, 0.3) is 0 Å². The molecule has 1 saturated heterocycles. The fraction of sp³-hybridized carbons (Fsp3) is 1.00. The lowest BCUT2D eigenvalue weighted by Crippen LogP contribution is -2.50. The summed E-state index contributed by atoms with van der Waals surface area (Å²) in [5.41, 5.74) is 0. The average Bonchev–Trinajstić information content (AvgIpc) is 2.40. The fourth-order valence-electron chi connectivity index (χ4n) is 3.28. The van der Waals surface area contributed by atoms with Crippen LogP contribution in [0.5, 0.6) is 0 Å². The van der Waals surface area contributed by atoms with Crippen LogP contribution in [0, 0.1) is 0 Å². The van der Waals surface area contributed by atoms with Crippen molar-refractivity contribution in [1.29, 1.82) is 0 Å². The lowest BCUT2D eigenvalue weighted by atomic mass is 9.96. The molecule has 0 radical (unpaired) electrons. The third-order valence-electron chi connectivity index (χ3n) is 4.55. The predicted octanol–water partition coefficient (Wildman–Crippen LogP) is 3.81. The number of likely N-dealkylation sites (tertiary alicyclic amines) is 1. The van der Waals surface area contributed by atoms with Crippen LogP contribution in [-0.2, 0) is 0 Å². The average molecular weight is 254 g/mol. The molecule has 1 aliphatic rings. The molecule has 1 rings (SSSR count). The molecule has 108 valence electrons. The molecule has 2 heteroatoms. The van der Waals surface area contributed by atoms with E-state index in [4.69, 9.17) is 0 Å². The Hall–Kier alpha value is -0.0800. The monoisotopic (exact) mass is 254 g/mol. The predicted molar refractivity (Wildman–Crippen MR) is 81.1 cm³/mol. The summed E-state index contributed by atoms with van der Waals surface area (Å²) >= 11 is 0. The number of nitrogens with one attached hydrogen (secondary N) is 1. The minimum atomic E-state index is 0.697. The van der Waals surface area contributed by atoms with Gasteiger partial charge in [0.2, 0.25) is 0 Å². The number of piperidine rings is 1. The normalized spacial score (nSPS) is 23.5. The molecule has 2 nitrogen and oxygen atoms in total. The van der Waals surface area contributed by atoms with Crippen molar-refractivity contribution < 1.29 is 0 Å². The Balaban J connectivity index is 2.39. The standard InChI is InChI=1S/C16H34N2/c1-5-10-16-11-8-9-12-18(16)14(4)13-17-15(6-2)7-3/h14-17H,5-13H2,1-4H3. The van der Waals surface area contributed by atoms with Gasteiger partial charge >= 0.3 is 0 Å². The quantitative estimate of drug-likeness (QED) is 0.708. The van der Waals surface area contributed by atoms with Crippen molar-refractivity contribution in [1.82, 2.24) is 10.2 Å². The van der Waals surface area contributed by atoms with E-state index in [-0.39, 0.29) is 0 Å². The number of nitrogens with zero attached hydrogens (tertiary/aromatic N) is 1. The fourth-order valence-corrected chi connectivity index (χ4v) is 3.28. The molecule has 0 aliphatic carbocycles. The van der Waals surface area contributed by atoms with E-state index in [1.54, 1.807) is 0 Å². The maximum Gasteiger partial charge on any atom is 0.0195 e. The Kier molecular flexibility index (Phi) is 7.92. The Morgan fingerprint density at radius 2 is 1.89 bits per heavy atom. The van der Waals surface area contributed by atoms with Crippen LogP contribution in [-0.4, -0.2) is 36.1 Å². The van der Waals surface area contributed by atoms with E-state index >= 15 is 0 Å². The van der Waals surface area contributed by atoms with Gasteiger partial charge in [0.05, 0.1) is 0 Å². The molecular weight excluding hydrogens is 220 g/mol. The molecule has 18 heavy (non-hydrogen) atoms. The van der Waals surface area contributed by atoms with E-state index in [9.17, 15) is 0 Å². The first-order chi connectivity index (χ1) is 8.72. The van der Waals surface area contributed by atoms with Crippen molar-refractivity contribution in [3.05, 3.63) is 0 Å². The van der Waals surface area contributed by atoms with Gasteiger partial charge in [0.1, 0.15) is 0 Å². The summed E-state index contributed by atoms with van der Waals surface area (Å²) in [7, 11) is 0. The van der Waals surface area contributed by atoms with Crippen LogP contribution < -0.4 is 5.32 Å². The second kappa shape index (κ2) is 8.92. The van der Waals surface area contributed by atoms with Crippen LogP contribution in [0.4, 0.5) is 0 Å². The highest BCUT2D eigenvalue weighted by Crippen LogP contribution is 2.22. The highest BCUT2D eigenvalue weighted by molar-refractivity contribution is 4.82. The third kappa shape index (κ3) is 4.89. The van der Waals surface area contributed by atoms with Gasteiger partial charge in [-0.3, -0.25) is 4.90 Å². The largest absolute Gasteiger partial charge is 0.312 e. The van der Waals surface area contributed by atoms with Crippen LogP contribution in [0.15, 0.2) is 0 Å². The number of hydrogen-bond donors (Lipinski definition) is 1. The Morgan fingerprint density at radius 1 is 1.17 bits per heavy atom. The van der Waals surface area contributed by atoms with E-state index < -0.39 is 0 Å². The molecule has 0 aromatic carbocycles. The topological polar surface area (TPSA) is 15.3 Å². The highest BCUT2D eigenvalue weighted by Gasteiger charge is 2.25. The molecule has 1 fully saturated rings. The minimum absolute atomic E-state index is 0.697. The van der Waals surface area contributed by atoms with Crippen LogP contribution in [0.1, 0.15) is 72.6 Å². The van der Waals surface area contributed by atoms with Gasteiger partial charge in [-0.2, -0.15) is 0 Å². The van der Waals surface area contributed by atoms with Gasteiger partial charge in [-0.25, -0.2) is 0 Å². The summed E-state index contributed by atoms with van der Waals surface area (Å²) in [4.78, 5) is 2.77. The van der Waals surface area contributed by atoms with Gasteiger partial charge < -0.3 is 5.32 Å². The highest BCUT2D eigenvalue weighted by atomic mass is 15.2. The zero-order valence-corrected chi connectivity index (χ0v) is 13.0. The molecule has 0 amide bonds. The first kappa shape index (κ1) is 16.0. The molecule has 0 spiro atoms. The molecular formula is C16H34N2. The van der Waals surface area contributed by atoms with Gasteiger partial charge in [0.25, 0.3) is 0 Å². The zero-order chi connectivity index (χ0) is 13.4. The second-order valence-corrected chi connectivity index (χ2v) is 5.95. The first-order valence-electron chi connectivity index (χ1n) is 8.21. The second-order valence-electron chi connectivity index (χ2n) is 5.95. The van der Waals surface area contributed by atoms with Crippen molar-refractivity contribution in [3.8, 4) is 0 Å². The van der Waals surface area contributed by atoms with Crippen molar-refractivity contribution in [3.63, 3.8) is 0 Å². The lowest BCUT2D eigenvalue weighted by molar-refractivity contribution is 0.0938. The van der Waals surface area contributed by atoms with Crippen molar-refractivity contribution >= 4 is 0 Å². The Morgan fingerprint density at radius 3 is 2.50 bits per heavy atom. The maximum atomic E-state index is 3.74. The molecule has 0 saturated carbocycles. The van der Waals surface area contributed by atoms with Crippen LogP contribution in [0.2, 0.25) is 0 Å². The third-order valence-corrected chi connectivity index (χ3v) is 4.55. The molecule has 0 aromatic rings. The van der Waals surface area contributed by atoms with Gasteiger partial charge in [0, 0.05) is 24.7 Å². The Bertz CT molecular complexity index is 199. The van der Waals surface area contributed by atoms with Crippen molar-refractivity contribution in [2.24, 2.45) is 0 Å². The summed E-state index contributed by atoms with van der Waals surface area (Å²) in [5, 5.41) is 3.74. The van der Waals surface area contributed by atoms with Gasteiger partial charge in [-0.05, 0) is 45.6 Å². The van der Waals surface area contributed by atoms with E-state index in [0.717, 1.165) is 12.6 Å². The summed E-state index contributed by atoms with van der Waals surface area (Å²) in [5.74, 6) is 0. The van der Waals surface area contributed by atoms with Gasteiger partial charge in [-0.15, -0.1) is 0 Å². The summed E-state index contributed by atoms with van der Waals surface area (Å²) in [6.07, 6.45) is 9.47. The van der Waals surface area contributed by atoms with Crippen molar-refractivity contribution in [2.75, 3.05) is 13.1 Å². The minimum Gasteiger partial charge on any atom is -0.312 e. The molecule has 0 aromatic heterocycles. The first-order valence-corrected chi connectivity index (χ1v) is 8.21. The van der Waals surface area contributed by atoms with E-state index in [1.165, 1.54) is 51.5 Å². The SMILES string of the molecule is CCCC1CCCCN1C(C)CNC(CC)CC. The lowest BCUT2D eigenvalue weighted by Gasteiger charge is -2.40. The number of hydrogen-bond acceptors (Lipinski definition) is 2. The molecule has 2 atom stereocenters. The van der Waals surface area contributed by atoms with Crippen molar-refractivity contribution in [2.45, 2.75) is 90.8 Å². The molecule has 2 unspecified atom stereocenters. The number of rotatable bonds is 8. The van der Waals surface area contributed by atoms with Crippen LogP contribution >= 0.6 is 0 Å². The molecule has 0 bridgehead atoms. The maximum absolute atomic E-state index is 3.74. The smallest absolute Gasteiger partial charge is 0.0195 e. The van der Waals surface area contributed by atoms with Gasteiger partial charge in [0.15, 0.2) is 0 Å². The van der Waals surface area contributed by atoms with Crippen LogP contribution in [0.3, 0.4) is 0 Å². The molecule has 1 N–H and O–H groups in total. The summed E-state index contributed by atoms with van der Waals surface area (Å²) in [6, 6.07) is 2.26.